The lowest BCUT2D eigenvalue weighted by molar-refractivity contribution is 0.296. The average Bonchev–Trinajstić information content (AvgIpc) is 3.42. The van der Waals surface area contributed by atoms with Crippen LogP contribution < -0.4 is 18.9 Å². The van der Waals surface area contributed by atoms with Crippen molar-refractivity contribution in [3.63, 3.8) is 0 Å². The maximum Gasteiger partial charge on any atom is 0.228 e. The largest absolute Gasteiger partial charge is 0.493 e. The number of hydrogen-bond donors (Lipinski definition) is 0. The fourth-order valence-electron chi connectivity index (χ4n) is 5.24. The summed E-state index contributed by atoms with van der Waals surface area (Å²) < 4.78 is 25.2. The fourth-order valence-corrected chi connectivity index (χ4v) is 5.24. The number of para-hydroxylation sites is 1. The molecule has 8 heteroatoms. The first kappa shape index (κ1) is 23.0. The summed E-state index contributed by atoms with van der Waals surface area (Å²) in [6.07, 6.45) is 1.63. The first-order chi connectivity index (χ1) is 19.2. The normalized spacial score (nSPS) is 13.9. The summed E-state index contributed by atoms with van der Waals surface area (Å²) >= 11 is 0. The third kappa shape index (κ3) is 3.88. The van der Waals surface area contributed by atoms with Crippen LogP contribution in [-0.4, -0.2) is 33.8 Å². The van der Waals surface area contributed by atoms with Crippen LogP contribution in [0.25, 0.3) is 16.4 Å². The van der Waals surface area contributed by atoms with E-state index in [0.29, 0.717) is 28.9 Å². The molecule has 39 heavy (non-hydrogen) atoms. The predicted octanol–water partition coefficient (Wildman–Crippen LogP) is 6.16. The summed E-state index contributed by atoms with van der Waals surface area (Å²) in [4.78, 5) is 9.55. The van der Waals surface area contributed by atoms with Crippen molar-refractivity contribution in [3.8, 4) is 28.9 Å². The number of benzene rings is 4. The molecule has 192 valence electrons. The monoisotopic (exact) mass is 516 g/mol. The summed E-state index contributed by atoms with van der Waals surface area (Å²) in [6, 6.07) is 28.0. The molecule has 0 saturated carbocycles. The molecule has 0 amide bonds. The van der Waals surface area contributed by atoms with Gasteiger partial charge in [0.25, 0.3) is 0 Å². The van der Waals surface area contributed by atoms with Crippen LogP contribution in [-0.2, 0) is 6.61 Å². The highest BCUT2D eigenvalue weighted by molar-refractivity contribution is 5.90. The van der Waals surface area contributed by atoms with Crippen molar-refractivity contribution in [3.05, 3.63) is 114 Å². The molecule has 0 bridgehead atoms. The second-order valence-corrected chi connectivity index (χ2v) is 9.21. The fraction of sp³-hybridized carbons (Fsp3) is 0.129. The van der Waals surface area contributed by atoms with Crippen LogP contribution >= 0.6 is 0 Å². The zero-order valence-corrected chi connectivity index (χ0v) is 21.4. The molecule has 6 aromatic rings. The quantitative estimate of drug-likeness (QED) is 0.262. The highest BCUT2D eigenvalue weighted by atomic mass is 16.5. The van der Waals surface area contributed by atoms with E-state index in [9.17, 15) is 0 Å². The molecule has 4 aromatic carbocycles. The lowest BCUT2D eigenvalue weighted by Crippen LogP contribution is -2.15. The van der Waals surface area contributed by atoms with Crippen LogP contribution in [0.2, 0.25) is 0 Å². The van der Waals surface area contributed by atoms with Gasteiger partial charge in [-0.1, -0.05) is 54.6 Å². The SMILES string of the molecule is COc1ccc(C2c3c(ccc4ccccc34)Oc3ncn4nc(COc5ccccc5)nc4c32)cc1OC. The first-order valence-corrected chi connectivity index (χ1v) is 12.6. The Labute approximate surface area is 224 Å². The molecule has 0 spiro atoms. The minimum Gasteiger partial charge on any atom is -0.493 e. The Kier molecular flexibility index (Phi) is 5.51. The molecule has 2 aromatic heterocycles. The number of methoxy groups -OCH3 is 2. The number of fused-ring (bicyclic) bond motifs is 6. The van der Waals surface area contributed by atoms with Crippen LogP contribution in [0, 0.1) is 0 Å². The van der Waals surface area contributed by atoms with Crippen LogP contribution in [0.1, 0.15) is 28.4 Å². The van der Waals surface area contributed by atoms with Crippen molar-refractivity contribution >= 4 is 16.4 Å². The molecule has 3 heterocycles. The van der Waals surface area contributed by atoms with Gasteiger partial charge in [-0.05, 0) is 46.7 Å². The van der Waals surface area contributed by atoms with Gasteiger partial charge in [-0.15, -0.1) is 5.10 Å². The van der Waals surface area contributed by atoms with Gasteiger partial charge in [0, 0.05) is 11.5 Å². The summed E-state index contributed by atoms with van der Waals surface area (Å²) in [5.74, 6) is 3.59. The topological polar surface area (TPSA) is 80.0 Å². The number of hydrogen-bond acceptors (Lipinski definition) is 7. The summed E-state index contributed by atoms with van der Waals surface area (Å²) in [5, 5.41) is 6.87. The average molecular weight is 517 g/mol. The van der Waals surface area contributed by atoms with Gasteiger partial charge in [0.05, 0.1) is 19.8 Å². The Morgan fingerprint density at radius 1 is 0.846 bits per heavy atom. The van der Waals surface area contributed by atoms with Crippen molar-refractivity contribution in [2.75, 3.05) is 14.2 Å². The maximum absolute atomic E-state index is 6.41. The van der Waals surface area contributed by atoms with Crippen LogP contribution in [0.5, 0.6) is 28.9 Å². The van der Waals surface area contributed by atoms with E-state index in [1.165, 1.54) is 0 Å². The maximum atomic E-state index is 6.41. The molecule has 7 rings (SSSR count). The van der Waals surface area contributed by atoms with E-state index in [4.69, 9.17) is 23.9 Å². The van der Waals surface area contributed by atoms with E-state index >= 15 is 0 Å². The highest BCUT2D eigenvalue weighted by Crippen LogP contribution is 2.51. The van der Waals surface area contributed by atoms with E-state index in [0.717, 1.165) is 39.0 Å². The highest BCUT2D eigenvalue weighted by Gasteiger charge is 2.35. The van der Waals surface area contributed by atoms with Crippen molar-refractivity contribution in [1.29, 1.82) is 0 Å². The summed E-state index contributed by atoms with van der Waals surface area (Å²) in [7, 11) is 3.27. The van der Waals surface area contributed by atoms with Crippen molar-refractivity contribution in [1.82, 2.24) is 19.6 Å². The Morgan fingerprint density at radius 3 is 2.51 bits per heavy atom. The summed E-state index contributed by atoms with van der Waals surface area (Å²) in [5.41, 5.74) is 3.51. The molecule has 1 atom stereocenters. The summed E-state index contributed by atoms with van der Waals surface area (Å²) in [6.45, 7) is 0.224. The minimum atomic E-state index is -0.252. The van der Waals surface area contributed by atoms with Gasteiger partial charge in [-0.2, -0.15) is 0 Å². The molecule has 0 saturated heterocycles. The van der Waals surface area contributed by atoms with Gasteiger partial charge in [-0.25, -0.2) is 14.5 Å². The van der Waals surface area contributed by atoms with Gasteiger partial charge in [0.2, 0.25) is 5.88 Å². The zero-order chi connectivity index (χ0) is 26.3. The number of ether oxygens (including phenoxy) is 4. The molecule has 0 radical (unpaired) electrons. The standard InChI is InChI=1S/C31H24N4O4/c1-36-23-14-13-20(16-25(23)37-2)27-28-22-11-7-6-8-19(22)12-15-24(28)39-31-29(27)30-33-26(34-35(30)18-32-31)17-38-21-9-4-3-5-10-21/h3-16,18,27H,17H2,1-2H3. The van der Waals surface area contributed by atoms with Crippen LogP contribution in [0.4, 0.5) is 0 Å². The number of nitrogens with zero attached hydrogens (tertiary/aromatic N) is 4. The third-order valence-electron chi connectivity index (χ3n) is 7.00. The molecule has 1 unspecified atom stereocenters. The van der Waals surface area contributed by atoms with E-state index in [1.54, 1.807) is 25.1 Å². The predicted molar refractivity (Wildman–Crippen MR) is 146 cm³/mol. The Balaban J connectivity index is 1.43. The first-order valence-electron chi connectivity index (χ1n) is 12.6. The second kappa shape index (κ2) is 9.33. The van der Waals surface area contributed by atoms with Crippen molar-refractivity contribution < 1.29 is 18.9 Å². The van der Waals surface area contributed by atoms with E-state index < -0.39 is 0 Å². The second-order valence-electron chi connectivity index (χ2n) is 9.21. The van der Waals surface area contributed by atoms with E-state index in [1.807, 2.05) is 66.7 Å². The van der Waals surface area contributed by atoms with E-state index in [-0.39, 0.29) is 12.5 Å². The van der Waals surface area contributed by atoms with Gasteiger partial charge < -0.3 is 18.9 Å². The molecule has 0 fully saturated rings. The van der Waals surface area contributed by atoms with Gasteiger partial charge in [0.15, 0.2) is 23.0 Å². The molecule has 1 aliphatic heterocycles. The molecule has 1 aliphatic rings. The zero-order valence-electron chi connectivity index (χ0n) is 21.4. The number of rotatable bonds is 6. The smallest absolute Gasteiger partial charge is 0.228 e. The van der Waals surface area contributed by atoms with Crippen molar-refractivity contribution in [2.24, 2.45) is 0 Å². The minimum absolute atomic E-state index is 0.224. The lowest BCUT2D eigenvalue weighted by Gasteiger charge is -2.29. The molecule has 0 N–H and O–H groups in total. The third-order valence-corrected chi connectivity index (χ3v) is 7.00. The van der Waals surface area contributed by atoms with Crippen LogP contribution in [0.3, 0.4) is 0 Å². The Bertz CT molecular complexity index is 1830. The molecular weight excluding hydrogens is 492 g/mol. The van der Waals surface area contributed by atoms with Crippen molar-refractivity contribution in [2.45, 2.75) is 12.5 Å². The lowest BCUT2D eigenvalue weighted by atomic mass is 9.81. The van der Waals surface area contributed by atoms with E-state index in [2.05, 4.69) is 28.3 Å². The molecular formula is C31H24N4O4. The Hall–Kier alpha value is -5.11. The molecule has 8 nitrogen and oxygen atoms in total. The van der Waals surface area contributed by atoms with Gasteiger partial charge in [0.1, 0.15) is 24.4 Å². The van der Waals surface area contributed by atoms with Gasteiger partial charge >= 0.3 is 0 Å². The Morgan fingerprint density at radius 2 is 1.67 bits per heavy atom. The molecule has 0 aliphatic carbocycles. The van der Waals surface area contributed by atoms with Gasteiger partial charge in [-0.3, -0.25) is 0 Å². The number of aromatic nitrogens is 4. The van der Waals surface area contributed by atoms with Crippen LogP contribution in [0.15, 0.2) is 91.3 Å².